The Bertz CT molecular complexity index is 348. The Kier molecular flexibility index (Phi) is 9.06. The van der Waals surface area contributed by atoms with Gasteiger partial charge in [0.25, 0.3) is 0 Å². The predicted octanol–water partition coefficient (Wildman–Crippen LogP) is 1.75. The molecule has 0 saturated carbocycles. The van der Waals surface area contributed by atoms with Crippen LogP contribution in [0.3, 0.4) is 0 Å². The van der Waals surface area contributed by atoms with Crippen LogP contribution in [0.25, 0.3) is 0 Å². The number of hydrogen-bond acceptors (Lipinski definition) is 6. The number of nitrogens with two attached hydrogens (primary N) is 1. The molecule has 0 spiro atoms. The van der Waals surface area contributed by atoms with E-state index in [0.717, 1.165) is 0 Å². The van der Waals surface area contributed by atoms with Crippen molar-refractivity contribution in [3.05, 3.63) is 0 Å². The van der Waals surface area contributed by atoms with Crippen molar-refractivity contribution in [1.82, 2.24) is 0 Å². The quantitative estimate of drug-likeness (QED) is 0.716. The van der Waals surface area contributed by atoms with Gasteiger partial charge in [-0.2, -0.15) is 0 Å². The van der Waals surface area contributed by atoms with Crippen LogP contribution in [0.15, 0.2) is 0 Å². The molecule has 2 N–H and O–H groups in total. The maximum absolute atomic E-state index is 12.0. The zero-order valence-corrected chi connectivity index (χ0v) is 15.1. The molecule has 4 atom stereocenters. The Hall–Kier alpha value is -0.690. The fourth-order valence-corrected chi connectivity index (χ4v) is 2.31. The average Bonchev–Trinajstić information content (AvgIpc) is 2.53. The number of rotatable bonds is 7. The minimum Gasteiger partial charge on any atom is -0.458 e. The minimum absolute atomic E-state index is 0.133. The van der Waals surface area contributed by atoms with Crippen LogP contribution < -0.4 is 5.73 Å². The van der Waals surface area contributed by atoms with Crippen LogP contribution >= 0.6 is 0 Å². The summed E-state index contributed by atoms with van der Waals surface area (Å²) in [7, 11) is 0. The first-order valence-electron chi connectivity index (χ1n) is 8.62. The first-order valence-corrected chi connectivity index (χ1v) is 8.62. The maximum atomic E-state index is 12.0. The first kappa shape index (κ1) is 20.4. The van der Waals surface area contributed by atoms with Crippen LogP contribution in [0.2, 0.25) is 0 Å². The molecule has 0 radical (unpaired) electrons. The second kappa shape index (κ2) is 10.2. The lowest BCUT2D eigenvalue weighted by Gasteiger charge is -2.32. The van der Waals surface area contributed by atoms with Gasteiger partial charge < -0.3 is 24.7 Å². The molecular weight excluding hydrogens is 298 g/mol. The van der Waals surface area contributed by atoms with E-state index in [4.69, 9.17) is 24.7 Å². The van der Waals surface area contributed by atoms with Gasteiger partial charge in [-0.05, 0) is 18.3 Å². The van der Waals surface area contributed by atoms with E-state index in [2.05, 4.69) is 27.7 Å². The first-order chi connectivity index (χ1) is 10.8. The highest BCUT2D eigenvalue weighted by Crippen LogP contribution is 2.20. The van der Waals surface area contributed by atoms with Gasteiger partial charge in [0.2, 0.25) is 0 Å². The van der Waals surface area contributed by atoms with E-state index in [1.807, 2.05) is 6.92 Å². The molecule has 0 aromatic heterocycles. The summed E-state index contributed by atoms with van der Waals surface area (Å²) in [6, 6.07) is -0.765. The van der Waals surface area contributed by atoms with Crippen LogP contribution in [-0.2, 0) is 23.7 Å². The molecule has 0 amide bonds. The maximum Gasteiger partial charge on any atom is 0.325 e. The smallest absolute Gasteiger partial charge is 0.325 e. The third-order valence-electron chi connectivity index (χ3n) is 3.55. The number of carbonyl (C=O) groups is 1. The van der Waals surface area contributed by atoms with Crippen LogP contribution in [-0.4, -0.2) is 56.8 Å². The Balaban J connectivity index is 2.90. The Morgan fingerprint density at radius 1 is 1.13 bits per heavy atom. The van der Waals surface area contributed by atoms with Crippen molar-refractivity contribution >= 4 is 5.97 Å². The SMILES string of the molecule is CCC1OC(=O)C(N)COCC(OCC(C)C)C1OCC(C)C. The molecule has 4 unspecified atom stereocenters. The Morgan fingerprint density at radius 2 is 1.74 bits per heavy atom. The standard InChI is InChI=1S/C17H33NO5/c1-6-14-16(22-8-12(4)5)15(21-7-11(2)3)10-20-9-13(18)17(19)23-14/h11-16H,6-10,18H2,1-5H3. The lowest BCUT2D eigenvalue weighted by molar-refractivity contribution is -0.172. The van der Waals surface area contributed by atoms with E-state index in [1.165, 1.54) is 0 Å². The summed E-state index contributed by atoms with van der Waals surface area (Å²) in [5.41, 5.74) is 5.79. The van der Waals surface area contributed by atoms with Crippen LogP contribution in [0.5, 0.6) is 0 Å². The summed E-state index contributed by atoms with van der Waals surface area (Å²) in [6.07, 6.45) is -0.372. The summed E-state index contributed by atoms with van der Waals surface area (Å²) in [6.45, 7) is 12.0. The molecule has 1 fully saturated rings. The predicted molar refractivity (Wildman–Crippen MR) is 88.1 cm³/mol. The summed E-state index contributed by atoms with van der Waals surface area (Å²) >= 11 is 0. The number of cyclic esters (lactones) is 1. The average molecular weight is 331 g/mol. The van der Waals surface area contributed by atoms with Gasteiger partial charge in [-0.1, -0.05) is 34.6 Å². The third-order valence-corrected chi connectivity index (χ3v) is 3.55. The van der Waals surface area contributed by atoms with Crippen molar-refractivity contribution in [3.8, 4) is 0 Å². The largest absolute Gasteiger partial charge is 0.458 e. The summed E-state index contributed by atoms with van der Waals surface area (Å²) in [4.78, 5) is 12.0. The van der Waals surface area contributed by atoms with Crippen LogP contribution in [0.1, 0.15) is 41.0 Å². The van der Waals surface area contributed by atoms with Crippen molar-refractivity contribution in [2.45, 2.75) is 65.4 Å². The van der Waals surface area contributed by atoms with Crippen molar-refractivity contribution in [1.29, 1.82) is 0 Å². The normalized spacial score (nSPS) is 30.0. The van der Waals surface area contributed by atoms with Gasteiger partial charge in [0, 0.05) is 13.2 Å². The fourth-order valence-electron chi connectivity index (χ4n) is 2.31. The molecule has 0 aromatic rings. The van der Waals surface area contributed by atoms with Gasteiger partial charge in [-0.3, -0.25) is 4.79 Å². The molecule has 23 heavy (non-hydrogen) atoms. The number of hydrogen-bond donors (Lipinski definition) is 1. The number of esters is 1. The Morgan fingerprint density at radius 3 is 2.30 bits per heavy atom. The number of ether oxygens (including phenoxy) is 4. The van der Waals surface area contributed by atoms with E-state index in [0.29, 0.717) is 38.1 Å². The monoisotopic (exact) mass is 331 g/mol. The van der Waals surface area contributed by atoms with Crippen molar-refractivity contribution in [2.24, 2.45) is 17.6 Å². The van der Waals surface area contributed by atoms with Gasteiger partial charge in [0.05, 0.1) is 13.2 Å². The van der Waals surface area contributed by atoms with Crippen molar-refractivity contribution < 1.29 is 23.7 Å². The zero-order chi connectivity index (χ0) is 17.4. The lowest BCUT2D eigenvalue weighted by Crippen LogP contribution is -2.46. The summed E-state index contributed by atoms with van der Waals surface area (Å²) < 4.78 is 23.2. The van der Waals surface area contributed by atoms with Crippen molar-refractivity contribution in [3.63, 3.8) is 0 Å². The van der Waals surface area contributed by atoms with E-state index in [-0.39, 0.29) is 24.9 Å². The summed E-state index contributed by atoms with van der Waals surface area (Å²) in [5.74, 6) is 0.336. The molecule has 6 heteroatoms. The highest BCUT2D eigenvalue weighted by Gasteiger charge is 2.36. The molecule has 1 aliphatic rings. The lowest BCUT2D eigenvalue weighted by atomic mass is 10.0. The van der Waals surface area contributed by atoms with Gasteiger partial charge >= 0.3 is 5.97 Å². The van der Waals surface area contributed by atoms with E-state index in [1.54, 1.807) is 0 Å². The van der Waals surface area contributed by atoms with Crippen LogP contribution in [0, 0.1) is 11.8 Å². The minimum atomic E-state index is -0.765. The molecule has 1 saturated heterocycles. The second-order valence-electron chi connectivity index (χ2n) is 6.98. The van der Waals surface area contributed by atoms with Gasteiger partial charge in [-0.25, -0.2) is 0 Å². The van der Waals surface area contributed by atoms with Crippen molar-refractivity contribution in [2.75, 3.05) is 26.4 Å². The number of carbonyl (C=O) groups excluding carboxylic acids is 1. The highest BCUT2D eigenvalue weighted by molar-refractivity contribution is 5.75. The van der Waals surface area contributed by atoms with E-state index >= 15 is 0 Å². The van der Waals surface area contributed by atoms with E-state index < -0.39 is 12.0 Å². The molecule has 1 aliphatic heterocycles. The molecule has 1 rings (SSSR count). The molecule has 0 bridgehead atoms. The highest BCUT2D eigenvalue weighted by atomic mass is 16.6. The zero-order valence-electron chi connectivity index (χ0n) is 15.1. The molecule has 1 heterocycles. The van der Waals surface area contributed by atoms with Gasteiger partial charge in [0.1, 0.15) is 24.4 Å². The molecule has 6 nitrogen and oxygen atoms in total. The summed E-state index contributed by atoms with van der Waals surface area (Å²) in [5, 5.41) is 0. The van der Waals surface area contributed by atoms with E-state index in [9.17, 15) is 4.79 Å². The second-order valence-corrected chi connectivity index (χ2v) is 6.98. The van der Waals surface area contributed by atoms with Gasteiger partial charge in [0.15, 0.2) is 0 Å². The van der Waals surface area contributed by atoms with Gasteiger partial charge in [-0.15, -0.1) is 0 Å². The topological polar surface area (TPSA) is 80.0 Å². The Labute approximate surface area is 140 Å². The molecular formula is C17H33NO5. The molecule has 0 aromatic carbocycles. The third kappa shape index (κ3) is 7.16. The molecule has 136 valence electrons. The fraction of sp³-hybridized carbons (Fsp3) is 0.941. The van der Waals surface area contributed by atoms with Crippen LogP contribution in [0.4, 0.5) is 0 Å². The molecule has 0 aliphatic carbocycles.